The number of nitrogens with one attached hydrogen (secondary N) is 2. The third-order valence-electron chi connectivity index (χ3n) is 7.38. The lowest BCUT2D eigenvalue weighted by Crippen LogP contribution is -2.54. The van der Waals surface area contributed by atoms with Crippen molar-refractivity contribution >= 4 is 6.79 Å². The summed E-state index contributed by atoms with van der Waals surface area (Å²) in [5, 5.41) is 7.33. The summed E-state index contributed by atoms with van der Waals surface area (Å²) in [7, 11) is 2.30. The predicted molar refractivity (Wildman–Crippen MR) is 158 cm³/mol. The predicted octanol–water partition coefficient (Wildman–Crippen LogP) is 4.62. The molecule has 1 unspecified atom stereocenters. The van der Waals surface area contributed by atoms with Gasteiger partial charge >= 0.3 is 0 Å². The Morgan fingerprint density at radius 1 is 0.947 bits per heavy atom. The van der Waals surface area contributed by atoms with E-state index in [9.17, 15) is 0 Å². The molecule has 2 aliphatic heterocycles. The highest BCUT2D eigenvalue weighted by molar-refractivity contribution is 5.29. The molecule has 2 aromatic rings. The Morgan fingerprint density at radius 2 is 1.61 bits per heavy atom. The zero-order chi connectivity index (χ0) is 27.2. The van der Waals surface area contributed by atoms with Crippen LogP contribution in [0, 0.1) is 0 Å². The molecule has 2 aromatic carbocycles. The number of allylic oxidation sites excluding steroid dienone is 1. The van der Waals surface area contributed by atoms with Gasteiger partial charge in [-0.15, -0.1) is 0 Å². The number of nitrogens with zero attached hydrogens (tertiary/aromatic N) is 3. The first-order chi connectivity index (χ1) is 18.8. The van der Waals surface area contributed by atoms with E-state index in [0.717, 1.165) is 58.8 Å². The van der Waals surface area contributed by atoms with Gasteiger partial charge < -0.3 is 20.3 Å². The van der Waals surface area contributed by atoms with Crippen LogP contribution in [0.5, 0.6) is 0 Å². The fourth-order valence-electron chi connectivity index (χ4n) is 5.17. The zero-order valence-electron chi connectivity index (χ0n) is 23.7. The molecule has 1 saturated heterocycles. The van der Waals surface area contributed by atoms with E-state index in [2.05, 4.69) is 99.2 Å². The summed E-state index contributed by atoms with van der Waals surface area (Å²) in [6.07, 6.45) is 6.91. The fraction of sp³-hybridized carbons (Fsp3) is 0.469. The standard InChI is InChI=1S/C29H39N5.C2H6.CH2O/c1-32-18-19-33(17-15-24-8-4-2-5-9-24)22-28(32)29(26-12-13-26)31-16-14-27-20-30-23-34(27)21-25-10-6-3-7-11-25;2*1-2/h2-11,20,28,30-31H,12-19,21-23H2,1H3;1-2H3;1H2. The van der Waals surface area contributed by atoms with E-state index < -0.39 is 0 Å². The fourth-order valence-corrected chi connectivity index (χ4v) is 5.17. The van der Waals surface area contributed by atoms with Crippen LogP contribution in [-0.4, -0.2) is 74.0 Å². The van der Waals surface area contributed by atoms with Gasteiger partial charge in [0.05, 0.1) is 12.7 Å². The SMILES string of the molecule is C=O.CC.CN1CCN(CCc2ccccc2)CC1C(NCCC1=CNCN1Cc1ccccc1)=C1CC1. The van der Waals surface area contributed by atoms with Crippen molar-refractivity contribution in [2.75, 3.05) is 46.4 Å². The van der Waals surface area contributed by atoms with Gasteiger partial charge in [0.15, 0.2) is 0 Å². The number of carbonyl (C=O) groups excluding carboxylic acids is 1. The van der Waals surface area contributed by atoms with Crippen LogP contribution in [0.3, 0.4) is 0 Å². The van der Waals surface area contributed by atoms with Crippen LogP contribution in [0.1, 0.15) is 44.2 Å². The molecule has 0 bridgehead atoms. The van der Waals surface area contributed by atoms with E-state index in [1.165, 1.54) is 35.4 Å². The second-order valence-corrected chi connectivity index (χ2v) is 9.91. The van der Waals surface area contributed by atoms with Crippen LogP contribution in [0.25, 0.3) is 0 Å². The summed E-state index contributed by atoms with van der Waals surface area (Å²) in [4.78, 5) is 15.7. The van der Waals surface area contributed by atoms with Gasteiger partial charge in [-0.25, -0.2) is 0 Å². The van der Waals surface area contributed by atoms with Crippen LogP contribution < -0.4 is 10.6 Å². The topological polar surface area (TPSA) is 50.9 Å². The van der Waals surface area contributed by atoms with Crippen LogP contribution in [0.2, 0.25) is 0 Å². The first kappa shape index (κ1) is 29.5. The lowest BCUT2D eigenvalue weighted by Gasteiger charge is -2.41. The number of rotatable bonds is 10. The first-order valence-corrected chi connectivity index (χ1v) is 14.2. The van der Waals surface area contributed by atoms with E-state index in [0.29, 0.717) is 6.04 Å². The normalized spacial score (nSPS) is 18.8. The van der Waals surface area contributed by atoms with Crippen molar-refractivity contribution in [3.63, 3.8) is 0 Å². The van der Waals surface area contributed by atoms with E-state index in [-0.39, 0.29) is 0 Å². The van der Waals surface area contributed by atoms with E-state index >= 15 is 0 Å². The molecule has 38 heavy (non-hydrogen) atoms. The molecule has 0 amide bonds. The van der Waals surface area contributed by atoms with Crippen molar-refractivity contribution in [2.24, 2.45) is 0 Å². The van der Waals surface area contributed by atoms with Crippen molar-refractivity contribution in [1.29, 1.82) is 0 Å². The van der Waals surface area contributed by atoms with Gasteiger partial charge in [0.2, 0.25) is 0 Å². The minimum absolute atomic E-state index is 0.484. The molecule has 5 rings (SSSR count). The maximum absolute atomic E-state index is 8.00. The van der Waals surface area contributed by atoms with Crippen molar-refractivity contribution in [3.8, 4) is 0 Å². The third kappa shape index (κ3) is 8.74. The number of hydrogen-bond acceptors (Lipinski definition) is 6. The molecule has 0 radical (unpaired) electrons. The number of piperazine rings is 1. The highest BCUT2D eigenvalue weighted by atomic mass is 16.1. The average molecular weight is 518 g/mol. The van der Waals surface area contributed by atoms with Crippen molar-refractivity contribution < 1.29 is 4.79 Å². The summed E-state index contributed by atoms with van der Waals surface area (Å²) in [5.74, 6) is 0. The maximum atomic E-state index is 8.00. The Bertz CT molecular complexity index is 1000. The van der Waals surface area contributed by atoms with Gasteiger partial charge in [0.1, 0.15) is 6.79 Å². The molecule has 1 aliphatic carbocycles. The zero-order valence-corrected chi connectivity index (χ0v) is 23.7. The van der Waals surface area contributed by atoms with E-state index in [1.54, 1.807) is 5.57 Å². The molecule has 0 spiro atoms. The van der Waals surface area contributed by atoms with Crippen molar-refractivity contribution in [3.05, 3.63) is 95.0 Å². The lowest BCUT2D eigenvalue weighted by molar-refractivity contribution is -0.0979. The highest BCUT2D eigenvalue weighted by Gasteiger charge is 2.31. The first-order valence-electron chi connectivity index (χ1n) is 14.2. The molecule has 1 atom stereocenters. The second-order valence-electron chi connectivity index (χ2n) is 9.91. The molecule has 3 aliphatic rings. The number of likely N-dealkylation sites (N-methyl/N-ethyl adjacent to an activating group) is 1. The van der Waals surface area contributed by atoms with Gasteiger partial charge in [0.25, 0.3) is 0 Å². The highest BCUT2D eigenvalue weighted by Crippen LogP contribution is 2.34. The average Bonchev–Trinajstić information content (AvgIpc) is 3.73. The number of benzene rings is 2. The van der Waals surface area contributed by atoms with Gasteiger partial charge in [-0.05, 0) is 43.0 Å². The maximum Gasteiger partial charge on any atom is 0.106 e. The molecule has 6 nitrogen and oxygen atoms in total. The molecule has 0 aromatic heterocycles. The van der Waals surface area contributed by atoms with Gasteiger partial charge in [-0.1, -0.05) is 74.5 Å². The molecule has 206 valence electrons. The lowest BCUT2D eigenvalue weighted by atomic mass is 10.1. The summed E-state index contributed by atoms with van der Waals surface area (Å²) in [5.41, 5.74) is 7.35. The Hall–Kier alpha value is -3.09. The molecular formula is C32H47N5O. The van der Waals surface area contributed by atoms with E-state index in [1.807, 2.05) is 20.6 Å². The van der Waals surface area contributed by atoms with Crippen molar-refractivity contribution in [1.82, 2.24) is 25.3 Å². The third-order valence-corrected chi connectivity index (χ3v) is 7.38. The summed E-state index contributed by atoms with van der Waals surface area (Å²) in [6.45, 7) is 13.4. The van der Waals surface area contributed by atoms with Gasteiger partial charge in [-0.2, -0.15) is 0 Å². The molecule has 6 heteroatoms. The Morgan fingerprint density at radius 3 is 2.26 bits per heavy atom. The Labute approximate surface area is 230 Å². The molecular weight excluding hydrogens is 470 g/mol. The van der Waals surface area contributed by atoms with E-state index in [4.69, 9.17) is 4.79 Å². The van der Waals surface area contributed by atoms with Crippen molar-refractivity contribution in [2.45, 2.75) is 52.1 Å². The molecule has 2 N–H and O–H groups in total. The molecule has 1 saturated carbocycles. The van der Waals surface area contributed by atoms with Crippen LogP contribution in [0.4, 0.5) is 0 Å². The second kappa shape index (κ2) is 16.0. The molecule has 2 fully saturated rings. The van der Waals surface area contributed by atoms with Gasteiger partial charge in [0, 0.05) is 63.3 Å². The summed E-state index contributed by atoms with van der Waals surface area (Å²) in [6, 6.07) is 22.2. The largest absolute Gasteiger partial charge is 0.387 e. The molecule has 2 heterocycles. The summed E-state index contributed by atoms with van der Waals surface area (Å²) >= 11 is 0. The van der Waals surface area contributed by atoms with Crippen LogP contribution in [-0.2, 0) is 17.8 Å². The minimum Gasteiger partial charge on any atom is -0.387 e. The monoisotopic (exact) mass is 517 g/mol. The number of hydrogen-bond donors (Lipinski definition) is 2. The van der Waals surface area contributed by atoms with Gasteiger partial charge in [-0.3, -0.25) is 9.80 Å². The number of carbonyl (C=O) groups is 1. The quantitative estimate of drug-likeness (QED) is 0.480. The Balaban J connectivity index is 0.000000956. The van der Waals surface area contributed by atoms with Crippen LogP contribution in [0.15, 0.2) is 83.8 Å². The minimum atomic E-state index is 0.484. The Kier molecular flexibility index (Phi) is 12.4. The van der Waals surface area contributed by atoms with Crippen LogP contribution >= 0.6 is 0 Å². The smallest absolute Gasteiger partial charge is 0.106 e. The summed E-state index contributed by atoms with van der Waals surface area (Å²) < 4.78 is 0.